The van der Waals surface area contributed by atoms with Crippen LogP contribution in [0.4, 0.5) is 0 Å². The van der Waals surface area contributed by atoms with E-state index in [1.165, 1.54) is 32.1 Å². The van der Waals surface area contributed by atoms with Crippen molar-refractivity contribution in [1.82, 2.24) is 9.80 Å². The molecule has 144 valence electrons. The molecule has 0 bridgehead atoms. The Morgan fingerprint density at radius 3 is 2.58 bits per heavy atom. The number of aryl methyl sites for hydroxylation is 1. The van der Waals surface area contributed by atoms with Crippen LogP contribution in [0.2, 0.25) is 5.02 Å². The maximum atomic E-state index is 12.4. The summed E-state index contributed by atoms with van der Waals surface area (Å²) in [5.74, 6) is 1.12. The molecule has 2 aliphatic rings. The van der Waals surface area contributed by atoms with Crippen LogP contribution in [0.3, 0.4) is 0 Å². The monoisotopic (exact) mass is 378 g/mol. The predicted octanol–water partition coefficient (Wildman–Crippen LogP) is 4.28. The van der Waals surface area contributed by atoms with Gasteiger partial charge < -0.3 is 9.64 Å². The summed E-state index contributed by atoms with van der Waals surface area (Å²) >= 11 is 5.96. The summed E-state index contributed by atoms with van der Waals surface area (Å²) in [6, 6.07) is 6.38. The van der Waals surface area contributed by atoms with Crippen LogP contribution < -0.4 is 4.74 Å². The molecule has 1 amide bonds. The predicted molar refractivity (Wildman–Crippen MR) is 106 cm³/mol. The maximum Gasteiger partial charge on any atom is 0.222 e. The highest BCUT2D eigenvalue weighted by Gasteiger charge is 2.26. The van der Waals surface area contributed by atoms with Crippen LogP contribution in [-0.4, -0.2) is 54.5 Å². The van der Waals surface area contributed by atoms with Gasteiger partial charge in [0.05, 0.1) is 6.61 Å². The number of rotatable bonds is 6. The molecular weight excluding hydrogens is 348 g/mol. The molecule has 0 radical (unpaired) electrons. The summed E-state index contributed by atoms with van der Waals surface area (Å²) in [4.78, 5) is 17.1. The molecule has 2 fully saturated rings. The van der Waals surface area contributed by atoms with Crippen LogP contribution in [0.1, 0.15) is 50.5 Å². The van der Waals surface area contributed by atoms with Crippen molar-refractivity contribution in [2.75, 3.05) is 32.8 Å². The lowest BCUT2D eigenvalue weighted by Gasteiger charge is -2.40. The molecule has 0 unspecified atom stereocenters. The van der Waals surface area contributed by atoms with Gasteiger partial charge in [0.2, 0.25) is 5.91 Å². The molecule has 26 heavy (non-hydrogen) atoms. The van der Waals surface area contributed by atoms with E-state index in [1.807, 2.05) is 30.0 Å². The molecule has 0 aromatic heterocycles. The second-order valence-corrected chi connectivity index (χ2v) is 8.01. The largest absolute Gasteiger partial charge is 0.493 e. The number of halogens is 1. The summed E-state index contributed by atoms with van der Waals surface area (Å²) in [5.41, 5.74) is 1.03. The van der Waals surface area contributed by atoms with Gasteiger partial charge >= 0.3 is 0 Å². The Bertz CT molecular complexity index is 594. The van der Waals surface area contributed by atoms with Gasteiger partial charge in [0.25, 0.3) is 0 Å². The Morgan fingerprint density at radius 2 is 1.88 bits per heavy atom. The smallest absolute Gasteiger partial charge is 0.222 e. The number of amides is 1. The molecule has 3 rings (SSSR count). The van der Waals surface area contributed by atoms with Gasteiger partial charge in [0.1, 0.15) is 5.75 Å². The van der Waals surface area contributed by atoms with Crippen molar-refractivity contribution < 1.29 is 9.53 Å². The van der Waals surface area contributed by atoms with Crippen LogP contribution in [0.25, 0.3) is 0 Å². The van der Waals surface area contributed by atoms with Crippen LogP contribution >= 0.6 is 11.6 Å². The quantitative estimate of drug-likeness (QED) is 0.692. The molecule has 1 aromatic carbocycles. The first-order valence-corrected chi connectivity index (χ1v) is 10.4. The standard InChI is InChI=1S/C21H31ClN2O2/c1-17-16-18(22)9-10-20(17)26-15-5-8-21(25)24-13-11-23(12-14-24)19-6-3-2-4-7-19/h9-10,16,19H,2-8,11-15H2,1H3. The van der Waals surface area contributed by atoms with Gasteiger partial charge in [-0.1, -0.05) is 30.9 Å². The first-order valence-electron chi connectivity index (χ1n) is 10.0. The molecule has 1 aliphatic heterocycles. The Morgan fingerprint density at radius 1 is 1.15 bits per heavy atom. The number of carbonyl (C=O) groups excluding carboxylic acids is 1. The van der Waals surface area contributed by atoms with E-state index < -0.39 is 0 Å². The van der Waals surface area contributed by atoms with Gasteiger partial charge in [-0.15, -0.1) is 0 Å². The third-order valence-electron chi connectivity index (χ3n) is 5.69. The van der Waals surface area contributed by atoms with Crippen molar-refractivity contribution in [2.24, 2.45) is 0 Å². The Hall–Kier alpha value is -1.26. The van der Waals surface area contributed by atoms with E-state index in [1.54, 1.807) is 0 Å². The number of ether oxygens (including phenoxy) is 1. The van der Waals surface area contributed by atoms with E-state index in [2.05, 4.69) is 4.90 Å². The van der Waals surface area contributed by atoms with Crippen LogP contribution in [0, 0.1) is 6.92 Å². The summed E-state index contributed by atoms with van der Waals surface area (Å²) < 4.78 is 5.79. The second-order valence-electron chi connectivity index (χ2n) is 7.57. The zero-order chi connectivity index (χ0) is 18.4. The number of piperazine rings is 1. The first-order chi connectivity index (χ1) is 12.6. The highest BCUT2D eigenvalue weighted by atomic mass is 35.5. The number of hydrogen-bond donors (Lipinski definition) is 0. The van der Waals surface area contributed by atoms with E-state index in [0.717, 1.165) is 55.0 Å². The molecule has 0 atom stereocenters. The van der Waals surface area contributed by atoms with Crippen molar-refractivity contribution in [3.8, 4) is 5.75 Å². The zero-order valence-electron chi connectivity index (χ0n) is 15.9. The number of carbonyl (C=O) groups is 1. The third-order valence-corrected chi connectivity index (χ3v) is 5.92. The van der Waals surface area contributed by atoms with Crippen molar-refractivity contribution >= 4 is 17.5 Å². The lowest BCUT2D eigenvalue weighted by atomic mass is 9.94. The average Bonchev–Trinajstić information content (AvgIpc) is 2.67. The summed E-state index contributed by atoms with van der Waals surface area (Å²) in [6.45, 7) is 6.39. The molecule has 1 heterocycles. The fourth-order valence-electron chi connectivity index (χ4n) is 4.12. The SMILES string of the molecule is Cc1cc(Cl)ccc1OCCCC(=O)N1CCN(C2CCCCC2)CC1. The molecule has 1 aliphatic carbocycles. The van der Waals surface area contributed by atoms with E-state index >= 15 is 0 Å². The highest BCUT2D eigenvalue weighted by molar-refractivity contribution is 6.30. The minimum Gasteiger partial charge on any atom is -0.493 e. The molecule has 1 saturated carbocycles. The van der Waals surface area contributed by atoms with Crippen molar-refractivity contribution in [1.29, 1.82) is 0 Å². The van der Waals surface area contributed by atoms with Gasteiger partial charge in [-0.05, 0) is 49.9 Å². The number of nitrogens with zero attached hydrogens (tertiary/aromatic N) is 2. The van der Waals surface area contributed by atoms with Crippen molar-refractivity contribution in [3.05, 3.63) is 28.8 Å². The lowest BCUT2D eigenvalue weighted by Crippen LogP contribution is -2.52. The molecule has 0 spiro atoms. The van der Waals surface area contributed by atoms with Gasteiger partial charge in [-0.2, -0.15) is 0 Å². The van der Waals surface area contributed by atoms with Crippen LogP contribution in [0.15, 0.2) is 18.2 Å². The van der Waals surface area contributed by atoms with Gasteiger partial charge in [-0.25, -0.2) is 0 Å². The minimum atomic E-state index is 0.268. The normalized spacial score (nSPS) is 19.5. The summed E-state index contributed by atoms with van der Waals surface area (Å²) in [6.07, 6.45) is 8.14. The molecule has 0 N–H and O–H groups in total. The van der Waals surface area contributed by atoms with E-state index in [0.29, 0.717) is 13.0 Å². The zero-order valence-corrected chi connectivity index (χ0v) is 16.6. The maximum absolute atomic E-state index is 12.4. The summed E-state index contributed by atoms with van der Waals surface area (Å²) in [7, 11) is 0. The lowest BCUT2D eigenvalue weighted by molar-refractivity contribution is -0.133. The molecule has 1 saturated heterocycles. The Balaban J connectivity index is 1.34. The molecule has 5 heteroatoms. The molecular formula is C21H31ClN2O2. The van der Waals surface area contributed by atoms with Gasteiger partial charge in [0.15, 0.2) is 0 Å². The minimum absolute atomic E-state index is 0.268. The van der Waals surface area contributed by atoms with Crippen molar-refractivity contribution in [2.45, 2.75) is 57.9 Å². The fraction of sp³-hybridized carbons (Fsp3) is 0.667. The van der Waals surface area contributed by atoms with E-state index in [4.69, 9.17) is 16.3 Å². The average molecular weight is 379 g/mol. The molecule has 4 nitrogen and oxygen atoms in total. The Kier molecular flexibility index (Phi) is 7.21. The van der Waals surface area contributed by atoms with Crippen molar-refractivity contribution in [3.63, 3.8) is 0 Å². The topological polar surface area (TPSA) is 32.8 Å². The van der Waals surface area contributed by atoms with Crippen LogP contribution in [-0.2, 0) is 4.79 Å². The van der Waals surface area contributed by atoms with E-state index in [-0.39, 0.29) is 5.91 Å². The summed E-state index contributed by atoms with van der Waals surface area (Å²) in [5, 5.41) is 0.720. The number of benzene rings is 1. The first kappa shape index (κ1) is 19.5. The highest BCUT2D eigenvalue weighted by Crippen LogP contribution is 2.24. The van der Waals surface area contributed by atoms with Gasteiger partial charge in [0, 0.05) is 43.7 Å². The fourth-order valence-corrected chi connectivity index (χ4v) is 4.35. The molecule has 1 aromatic rings. The number of hydrogen-bond acceptors (Lipinski definition) is 3. The second kappa shape index (κ2) is 9.61. The van der Waals surface area contributed by atoms with Crippen LogP contribution in [0.5, 0.6) is 5.75 Å². The van der Waals surface area contributed by atoms with Gasteiger partial charge in [-0.3, -0.25) is 9.69 Å². The Labute approximate surface area is 162 Å². The third kappa shape index (κ3) is 5.37. The van der Waals surface area contributed by atoms with E-state index in [9.17, 15) is 4.79 Å².